The van der Waals surface area contributed by atoms with Gasteiger partial charge in [0.25, 0.3) is 0 Å². The van der Waals surface area contributed by atoms with E-state index in [4.69, 9.17) is 0 Å². The molecular formula is C55H39BN2S2. The van der Waals surface area contributed by atoms with Crippen molar-refractivity contribution in [1.82, 2.24) is 4.57 Å². The second-order valence-corrected chi connectivity index (χ2v) is 21.1. The summed E-state index contributed by atoms with van der Waals surface area (Å²) in [6.07, 6.45) is 0. The van der Waals surface area contributed by atoms with Gasteiger partial charge in [-0.3, -0.25) is 0 Å². The van der Waals surface area contributed by atoms with E-state index in [9.17, 15) is 0 Å². The first-order chi connectivity index (χ1) is 29.1. The Hall–Kier alpha value is -6.14. The molecule has 0 amide bonds. The largest absolute Gasteiger partial charge is 0.376 e. The van der Waals surface area contributed by atoms with Crippen molar-refractivity contribution in [2.75, 3.05) is 4.81 Å². The zero-order valence-corrected chi connectivity index (χ0v) is 35.8. The van der Waals surface area contributed by atoms with E-state index >= 15 is 0 Å². The van der Waals surface area contributed by atoms with Crippen LogP contribution in [0.2, 0.25) is 0 Å². The highest BCUT2D eigenvalue weighted by atomic mass is 32.1. The van der Waals surface area contributed by atoms with Crippen molar-refractivity contribution in [3.63, 3.8) is 0 Å². The third-order valence-electron chi connectivity index (χ3n) is 14.3. The van der Waals surface area contributed by atoms with Crippen LogP contribution in [0.5, 0.6) is 0 Å². The molecule has 11 aromatic rings. The quantitative estimate of drug-likeness (QED) is 0.150. The monoisotopic (exact) mass is 802 g/mol. The summed E-state index contributed by atoms with van der Waals surface area (Å²) in [5, 5.41) is 8.00. The molecule has 0 unspecified atom stereocenters. The van der Waals surface area contributed by atoms with Gasteiger partial charge in [-0.05, 0) is 104 Å². The fourth-order valence-electron chi connectivity index (χ4n) is 11.4. The minimum Gasteiger partial charge on any atom is -0.376 e. The Morgan fingerprint density at radius 3 is 1.93 bits per heavy atom. The lowest BCUT2D eigenvalue weighted by Crippen LogP contribution is -2.60. The van der Waals surface area contributed by atoms with Gasteiger partial charge in [-0.15, -0.1) is 22.7 Å². The average Bonchev–Trinajstić information content (AvgIpc) is 3.97. The van der Waals surface area contributed by atoms with E-state index in [2.05, 4.69) is 190 Å². The highest BCUT2D eigenvalue weighted by molar-refractivity contribution is 7.26. The molecule has 8 aromatic carbocycles. The minimum absolute atomic E-state index is 0.0436. The number of hydrogen-bond acceptors (Lipinski definition) is 3. The van der Waals surface area contributed by atoms with Crippen molar-refractivity contribution in [2.45, 2.75) is 45.4 Å². The summed E-state index contributed by atoms with van der Waals surface area (Å²) in [7, 11) is 0. The van der Waals surface area contributed by atoms with Crippen molar-refractivity contribution in [2.24, 2.45) is 0 Å². The van der Waals surface area contributed by atoms with Gasteiger partial charge in [-0.1, -0.05) is 126 Å². The van der Waals surface area contributed by atoms with Crippen LogP contribution in [0.1, 0.15) is 51.3 Å². The van der Waals surface area contributed by atoms with Gasteiger partial charge in [0.2, 0.25) is 0 Å². The first kappa shape index (κ1) is 33.7. The van der Waals surface area contributed by atoms with E-state index < -0.39 is 0 Å². The fourth-order valence-corrected chi connectivity index (χ4v) is 13.7. The first-order valence-electron chi connectivity index (χ1n) is 21.2. The van der Waals surface area contributed by atoms with E-state index in [0.717, 1.165) is 0 Å². The zero-order chi connectivity index (χ0) is 40.0. The summed E-state index contributed by atoms with van der Waals surface area (Å²) in [6, 6.07) is 56.6. The molecule has 2 aliphatic heterocycles. The second kappa shape index (κ2) is 11.2. The molecule has 3 aliphatic rings. The third kappa shape index (κ3) is 4.15. The number of aromatic nitrogens is 1. The average molecular weight is 803 g/mol. The van der Waals surface area contributed by atoms with Gasteiger partial charge in [-0.2, -0.15) is 0 Å². The molecule has 0 spiro atoms. The van der Waals surface area contributed by atoms with Crippen LogP contribution in [0.25, 0.3) is 90.1 Å². The molecule has 14 rings (SSSR count). The maximum Gasteiger partial charge on any atom is 0.333 e. The summed E-state index contributed by atoms with van der Waals surface area (Å²) < 4.78 is 8.01. The molecule has 0 N–H and O–H groups in total. The Kier molecular flexibility index (Phi) is 6.26. The van der Waals surface area contributed by atoms with Gasteiger partial charge in [-0.25, -0.2) is 0 Å². The Morgan fingerprint density at radius 1 is 0.500 bits per heavy atom. The van der Waals surface area contributed by atoms with Crippen LogP contribution in [0.4, 0.5) is 11.4 Å². The van der Waals surface area contributed by atoms with Crippen LogP contribution in [0.3, 0.4) is 0 Å². The van der Waals surface area contributed by atoms with Crippen molar-refractivity contribution >= 4 is 114 Å². The SMILES string of the molecule is CC(C)(C)c1ccc(N2B3c4cc5c(cc4-n4c6cc7c(cc6c6ccc(c3c64)-c3cc4sc6ccccc6c4cc32)-c2ccccc2C7(C)C)sc2ccccc25)cc1. The highest BCUT2D eigenvalue weighted by Crippen LogP contribution is 2.53. The number of rotatable bonds is 1. The van der Waals surface area contributed by atoms with Gasteiger partial charge < -0.3 is 9.38 Å². The number of anilines is 2. The Bertz CT molecular complexity index is 3740. The Morgan fingerprint density at radius 2 is 1.18 bits per heavy atom. The topological polar surface area (TPSA) is 8.17 Å². The summed E-state index contributed by atoms with van der Waals surface area (Å²) in [5.41, 5.74) is 18.7. The molecule has 0 bridgehead atoms. The van der Waals surface area contributed by atoms with Crippen LogP contribution in [-0.2, 0) is 10.8 Å². The summed E-state index contributed by atoms with van der Waals surface area (Å²) >= 11 is 3.83. The Balaban J connectivity index is 1.16. The van der Waals surface area contributed by atoms with E-state index in [1.807, 2.05) is 22.7 Å². The van der Waals surface area contributed by atoms with Gasteiger partial charge >= 0.3 is 6.85 Å². The number of hydrogen-bond donors (Lipinski definition) is 0. The first-order valence-corrected chi connectivity index (χ1v) is 22.8. The predicted molar refractivity (Wildman–Crippen MR) is 262 cm³/mol. The maximum absolute atomic E-state index is 2.70. The van der Waals surface area contributed by atoms with Gasteiger partial charge in [0.1, 0.15) is 0 Å². The number of thiophene rings is 2. The van der Waals surface area contributed by atoms with Crippen LogP contribution in [-0.4, -0.2) is 11.4 Å². The molecule has 3 aromatic heterocycles. The molecule has 0 saturated carbocycles. The normalized spacial score (nSPS) is 14.8. The van der Waals surface area contributed by atoms with E-state index in [1.54, 1.807) is 0 Å². The van der Waals surface area contributed by atoms with Crippen LogP contribution in [0, 0.1) is 0 Å². The van der Waals surface area contributed by atoms with Gasteiger partial charge in [0.05, 0.1) is 11.0 Å². The third-order valence-corrected chi connectivity index (χ3v) is 16.6. The lowest BCUT2D eigenvalue weighted by molar-refractivity contribution is 0.590. The molecule has 0 saturated heterocycles. The van der Waals surface area contributed by atoms with Gasteiger partial charge in [0.15, 0.2) is 0 Å². The lowest BCUT2D eigenvalue weighted by Gasteiger charge is -2.42. The fraction of sp³-hybridized carbons (Fsp3) is 0.127. The van der Waals surface area contributed by atoms with Crippen molar-refractivity contribution in [3.8, 4) is 27.9 Å². The highest BCUT2D eigenvalue weighted by Gasteiger charge is 2.45. The van der Waals surface area contributed by atoms with Crippen molar-refractivity contribution in [1.29, 1.82) is 0 Å². The van der Waals surface area contributed by atoms with Crippen LogP contribution < -0.4 is 15.7 Å². The summed E-state index contributed by atoms with van der Waals surface area (Å²) in [4.78, 5) is 2.70. The standard InChI is InChI=1S/C55H39BN2S2/c1-54(2,3)30-18-20-31(21-19-30)58-46-26-41-34-14-8-11-17-49(34)59-50(41)27-39(46)35-22-23-36-38-24-37-32-12-6-9-15-42(32)55(4,5)43(37)28-45(38)57-47-29-51-40(33-13-7-10-16-48(33)60-51)25-44(47)56(58)52(35)53(36)57/h6-29H,1-5H3. The number of fused-ring (bicyclic) bond motifs is 17. The van der Waals surface area contributed by atoms with Gasteiger partial charge in [0, 0.05) is 79.2 Å². The van der Waals surface area contributed by atoms with E-state index in [0.29, 0.717) is 0 Å². The smallest absolute Gasteiger partial charge is 0.333 e. The Labute approximate surface area is 357 Å². The summed E-state index contributed by atoms with van der Waals surface area (Å²) in [5.74, 6) is 0. The molecule has 5 heteroatoms. The van der Waals surface area contributed by atoms with Crippen molar-refractivity contribution in [3.05, 3.63) is 162 Å². The summed E-state index contributed by atoms with van der Waals surface area (Å²) in [6.45, 7) is 11.7. The van der Waals surface area contributed by atoms with E-state index in [-0.39, 0.29) is 17.7 Å². The van der Waals surface area contributed by atoms with Crippen LogP contribution in [0.15, 0.2) is 146 Å². The van der Waals surface area contributed by atoms with Crippen LogP contribution >= 0.6 is 22.7 Å². The molecule has 60 heavy (non-hydrogen) atoms. The van der Waals surface area contributed by atoms with Crippen molar-refractivity contribution < 1.29 is 0 Å². The molecular weight excluding hydrogens is 764 g/mol. The molecule has 0 atom stereocenters. The number of benzene rings is 8. The van der Waals surface area contributed by atoms with E-state index in [1.165, 1.54) is 129 Å². The molecule has 0 fully saturated rings. The zero-order valence-electron chi connectivity index (χ0n) is 34.1. The molecule has 284 valence electrons. The molecule has 0 radical (unpaired) electrons. The molecule has 2 nitrogen and oxygen atoms in total. The lowest BCUT2D eigenvalue weighted by atomic mass is 9.44. The molecule has 1 aliphatic carbocycles. The predicted octanol–water partition coefficient (Wildman–Crippen LogP) is 14.4. The second-order valence-electron chi connectivity index (χ2n) is 18.9. The minimum atomic E-state index is -0.101. The molecule has 5 heterocycles. The number of nitrogens with zero attached hydrogens (tertiary/aromatic N) is 2. The maximum atomic E-state index is 2.70.